The van der Waals surface area contributed by atoms with Gasteiger partial charge in [-0.1, -0.05) is 35.9 Å². The highest BCUT2D eigenvalue weighted by molar-refractivity contribution is 7.90. The third kappa shape index (κ3) is 3.23. The molecule has 0 bridgehead atoms. The number of carbonyl (C=O) groups excluding carboxylic acids is 1. The van der Waals surface area contributed by atoms with E-state index in [-0.39, 0.29) is 10.7 Å². The molecule has 0 aliphatic heterocycles. The summed E-state index contributed by atoms with van der Waals surface area (Å²) in [5, 5.41) is 0.585. The van der Waals surface area contributed by atoms with Gasteiger partial charge in [-0.15, -0.1) is 0 Å². The van der Waals surface area contributed by atoms with Gasteiger partial charge in [0.05, 0.1) is 4.90 Å². The number of rotatable bonds is 3. The Morgan fingerprint density at radius 2 is 1.65 bits per heavy atom. The van der Waals surface area contributed by atoms with Gasteiger partial charge in [0, 0.05) is 23.3 Å². The van der Waals surface area contributed by atoms with E-state index in [1.54, 1.807) is 36.4 Å². The van der Waals surface area contributed by atoms with Gasteiger partial charge in [0.2, 0.25) is 0 Å². The first-order valence-electron chi connectivity index (χ1n) is 7.19. The molecule has 3 nitrogen and oxygen atoms in total. The molecule has 3 rings (SSSR count). The van der Waals surface area contributed by atoms with Crippen LogP contribution in [0, 0.1) is 0 Å². The Labute approximate surface area is 140 Å². The summed E-state index contributed by atoms with van der Waals surface area (Å²) in [4.78, 5) is 12.6. The van der Waals surface area contributed by atoms with Gasteiger partial charge in [-0.05, 0) is 47.4 Å². The van der Waals surface area contributed by atoms with E-state index >= 15 is 0 Å². The van der Waals surface area contributed by atoms with Crippen LogP contribution in [0.25, 0.3) is 11.1 Å². The van der Waals surface area contributed by atoms with Crippen LogP contribution in [-0.2, 0) is 14.6 Å². The van der Waals surface area contributed by atoms with Gasteiger partial charge in [0.15, 0.2) is 15.6 Å². The summed E-state index contributed by atoms with van der Waals surface area (Å²) in [7, 11) is -3.23. The first-order chi connectivity index (χ1) is 10.9. The summed E-state index contributed by atoms with van der Waals surface area (Å²) >= 11 is 6.04. The maximum Gasteiger partial charge on any atom is 0.175 e. The van der Waals surface area contributed by atoms with Crippen LogP contribution in [0.4, 0.5) is 0 Å². The van der Waals surface area contributed by atoms with Crippen molar-refractivity contribution in [3.63, 3.8) is 0 Å². The lowest BCUT2D eigenvalue weighted by molar-refractivity contribution is -0.113. The van der Waals surface area contributed by atoms with E-state index in [0.717, 1.165) is 16.7 Å². The highest BCUT2D eigenvalue weighted by Gasteiger charge is 2.25. The maximum absolute atomic E-state index is 12.3. The second-order valence-electron chi connectivity index (χ2n) is 5.58. The number of hydrogen-bond donors (Lipinski definition) is 0. The topological polar surface area (TPSA) is 51.2 Å². The molecule has 0 saturated heterocycles. The molecule has 0 spiro atoms. The molecule has 0 N–H and O–H groups in total. The number of allylic oxidation sites excluding steroid dienone is 2. The average molecular weight is 347 g/mol. The Bertz CT molecular complexity index is 910. The van der Waals surface area contributed by atoms with E-state index in [0.29, 0.717) is 23.4 Å². The van der Waals surface area contributed by atoms with E-state index in [1.165, 1.54) is 6.26 Å². The lowest BCUT2D eigenvalue weighted by Crippen LogP contribution is -1.98. The Kier molecular flexibility index (Phi) is 4.13. The molecule has 0 heterocycles. The van der Waals surface area contributed by atoms with Crippen LogP contribution in [0.3, 0.4) is 0 Å². The van der Waals surface area contributed by atoms with Gasteiger partial charge in [-0.3, -0.25) is 4.79 Å². The van der Waals surface area contributed by atoms with E-state index in [4.69, 9.17) is 11.6 Å². The van der Waals surface area contributed by atoms with Gasteiger partial charge in [-0.2, -0.15) is 0 Å². The molecule has 1 aliphatic carbocycles. The van der Waals surface area contributed by atoms with E-state index in [9.17, 15) is 13.2 Å². The normalized spacial score (nSPS) is 15.3. The number of ketones is 1. The first kappa shape index (κ1) is 16.0. The minimum atomic E-state index is -3.23. The zero-order valence-corrected chi connectivity index (χ0v) is 14.1. The molecule has 5 heteroatoms. The quantitative estimate of drug-likeness (QED) is 0.843. The van der Waals surface area contributed by atoms with Crippen LogP contribution >= 0.6 is 11.6 Å². The molecule has 0 aromatic heterocycles. The SMILES string of the molecule is CS(=O)(=O)c1ccc(C2=C(c3cccc(Cl)c3)C(=O)CC2)cc1. The number of carbonyl (C=O) groups is 1. The molecule has 0 radical (unpaired) electrons. The highest BCUT2D eigenvalue weighted by atomic mass is 35.5. The van der Waals surface area contributed by atoms with Gasteiger partial charge in [0.1, 0.15) is 0 Å². The predicted octanol–water partition coefficient (Wildman–Crippen LogP) is 4.02. The zero-order chi connectivity index (χ0) is 16.6. The Balaban J connectivity index is 2.10. The van der Waals surface area contributed by atoms with Crippen molar-refractivity contribution in [2.24, 2.45) is 0 Å². The third-order valence-electron chi connectivity index (χ3n) is 3.93. The lowest BCUT2D eigenvalue weighted by Gasteiger charge is -2.08. The summed E-state index contributed by atoms with van der Waals surface area (Å²) in [6.45, 7) is 0. The van der Waals surface area contributed by atoms with Crippen LogP contribution in [0.5, 0.6) is 0 Å². The number of hydrogen-bond acceptors (Lipinski definition) is 3. The van der Waals surface area contributed by atoms with Gasteiger partial charge >= 0.3 is 0 Å². The van der Waals surface area contributed by atoms with Crippen molar-refractivity contribution in [1.29, 1.82) is 0 Å². The molecule has 0 saturated carbocycles. The first-order valence-corrected chi connectivity index (χ1v) is 9.46. The van der Waals surface area contributed by atoms with E-state index < -0.39 is 9.84 Å². The fourth-order valence-corrected chi connectivity index (χ4v) is 3.65. The third-order valence-corrected chi connectivity index (χ3v) is 5.29. The summed E-state index contributed by atoms with van der Waals surface area (Å²) in [5.74, 6) is 0.0921. The number of halogens is 1. The van der Waals surface area contributed by atoms with Crippen LogP contribution in [0.1, 0.15) is 24.0 Å². The molecule has 0 amide bonds. The molecule has 0 fully saturated rings. The van der Waals surface area contributed by atoms with Crippen molar-refractivity contribution in [2.45, 2.75) is 17.7 Å². The van der Waals surface area contributed by atoms with Crippen molar-refractivity contribution < 1.29 is 13.2 Å². The lowest BCUT2D eigenvalue weighted by atomic mass is 9.97. The smallest absolute Gasteiger partial charge is 0.175 e. The molecular formula is C18H15ClO3S. The van der Waals surface area contributed by atoms with Crippen molar-refractivity contribution in [3.05, 3.63) is 64.7 Å². The van der Waals surface area contributed by atoms with Gasteiger partial charge in [-0.25, -0.2) is 8.42 Å². The molecule has 2 aromatic rings. The number of Topliss-reactive ketones (excluding diaryl/α,β-unsaturated/α-hetero) is 1. The molecule has 23 heavy (non-hydrogen) atoms. The van der Waals surface area contributed by atoms with E-state index in [1.807, 2.05) is 12.1 Å². The second-order valence-corrected chi connectivity index (χ2v) is 8.04. The van der Waals surface area contributed by atoms with Gasteiger partial charge in [0.25, 0.3) is 0 Å². The Hall–Kier alpha value is -1.91. The molecule has 0 unspecified atom stereocenters. The summed E-state index contributed by atoms with van der Waals surface area (Å²) in [5.41, 5.74) is 3.30. The largest absolute Gasteiger partial charge is 0.294 e. The molecule has 0 atom stereocenters. The van der Waals surface area contributed by atoms with Crippen LogP contribution < -0.4 is 0 Å². The molecule has 2 aromatic carbocycles. The molecule has 118 valence electrons. The summed E-state index contributed by atoms with van der Waals surface area (Å²) < 4.78 is 23.1. The van der Waals surface area contributed by atoms with Crippen LogP contribution in [-0.4, -0.2) is 20.5 Å². The average Bonchev–Trinajstić information content (AvgIpc) is 2.88. The van der Waals surface area contributed by atoms with Crippen molar-refractivity contribution in [2.75, 3.05) is 6.26 Å². The van der Waals surface area contributed by atoms with Crippen molar-refractivity contribution >= 4 is 38.4 Å². The fraction of sp³-hybridized carbons (Fsp3) is 0.167. The summed E-state index contributed by atoms with van der Waals surface area (Å²) in [6, 6.07) is 13.9. The van der Waals surface area contributed by atoms with Crippen molar-refractivity contribution in [3.8, 4) is 0 Å². The Morgan fingerprint density at radius 3 is 2.26 bits per heavy atom. The number of benzene rings is 2. The van der Waals surface area contributed by atoms with Crippen LogP contribution in [0.2, 0.25) is 5.02 Å². The maximum atomic E-state index is 12.3. The van der Waals surface area contributed by atoms with E-state index in [2.05, 4.69) is 0 Å². The minimum Gasteiger partial charge on any atom is -0.294 e. The predicted molar refractivity (Wildman–Crippen MR) is 92.1 cm³/mol. The number of sulfone groups is 1. The van der Waals surface area contributed by atoms with Gasteiger partial charge < -0.3 is 0 Å². The van der Waals surface area contributed by atoms with Crippen molar-refractivity contribution in [1.82, 2.24) is 0 Å². The van der Waals surface area contributed by atoms with Crippen LogP contribution in [0.15, 0.2) is 53.4 Å². The minimum absolute atomic E-state index is 0.0921. The zero-order valence-electron chi connectivity index (χ0n) is 12.5. The molecule has 1 aliphatic rings. The Morgan fingerprint density at radius 1 is 0.957 bits per heavy atom. The monoisotopic (exact) mass is 346 g/mol. The molecular weight excluding hydrogens is 332 g/mol. The second kappa shape index (κ2) is 5.95. The standard InChI is InChI=1S/C18H15ClO3S/c1-23(21,22)15-7-5-12(6-8-15)16-9-10-17(20)18(16)13-3-2-4-14(19)11-13/h2-8,11H,9-10H2,1H3. The fourth-order valence-electron chi connectivity index (χ4n) is 2.83. The summed E-state index contributed by atoms with van der Waals surface area (Å²) in [6.07, 6.45) is 2.29. The highest BCUT2D eigenvalue weighted by Crippen LogP contribution is 2.38.